The average molecular weight is 256 g/mol. The summed E-state index contributed by atoms with van der Waals surface area (Å²) < 4.78 is 0. The molecule has 0 amide bonds. The Kier molecular flexibility index (Phi) is 5.96. The van der Waals surface area contributed by atoms with Crippen LogP contribution in [0.4, 0.5) is 0 Å². The fourth-order valence-electron chi connectivity index (χ4n) is 1.91. The molecule has 1 N–H and O–H groups in total. The number of nitrogens with zero attached hydrogens (tertiary/aromatic N) is 1. The Labute approximate surface area is 109 Å². The monoisotopic (exact) mass is 255 g/mol. The van der Waals surface area contributed by atoms with Crippen molar-refractivity contribution in [3.63, 3.8) is 0 Å². The van der Waals surface area contributed by atoms with Crippen LogP contribution in [0.25, 0.3) is 0 Å². The lowest BCUT2D eigenvalue weighted by Gasteiger charge is -2.20. The molecule has 3 heteroatoms. The highest BCUT2D eigenvalue weighted by Crippen LogP contribution is 2.19. The third kappa shape index (κ3) is 5.53. The average Bonchev–Trinajstić information content (AvgIpc) is 2.26. The second-order valence-electron chi connectivity index (χ2n) is 5.01. The van der Waals surface area contributed by atoms with Crippen molar-refractivity contribution in [1.82, 2.24) is 4.90 Å². The van der Waals surface area contributed by atoms with Gasteiger partial charge in [-0.25, -0.2) is 0 Å². The number of hydrogen-bond acceptors (Lipinski definition) is 2. The van der Waals surface area contributed by atoms with Gasteiger partial charge in [-0.2, -0.15) is 0 Å². The molecule has 0 saturated heterocycles. The first-order chi connectivity index (χ1) is 7.99. The van der Waals surface area contributed by atoms with Crippen molar-refractivity contribution in [2.45, 2.75) is 26.4 Å². The fourth-order valence-corrected chi connectivity index (χ4v) is 2.03. The fraction of sp³-hybridized carbons (Fsp3) is 0.571. The third-order valence-electron chi connectivity index (χ3n) is 2.72. The Bertz CT molecular complexity index is 323. The van der Waals surface area contributed by atoms with Crippen molar-refractivity contribution < 1.29 is 5.11 Å². The molecule has 0 aliphatic rings. The van der Waals surface area contributed by atoms with E-state index in [9.17, 15) is 5.11 Å². The van der Waals surface area contributed by atoms with E-state index in [2.05, 4.69) is 25.8 Å². The molecule has 0 aliphatic carbocycles. The molecule has 0 heterocycles. The topological polar surface area (TPSA) is 23.5 Å². The summed E-state index contributed by atoms with van der Waals surface area (Å²) in [7, 11) is 2.09. The van der Waals surface area contributed by atoms with E-state index >= 15 is 0 Å². The Morgan fingerprint density at radius 1 is 1.24 bits per heavy atom. The molecule has 1 rings (SSSR count). The molecule has 0 spiro atoms. The summed E-state index contributed by atoms with van der Waals surface area (Å²) in [5.41, 5.74) is 0.937. The standard InChI is InChI=1S/C14H22ClNO/c1-11(2)10-16(3)9-8-14(17)12-4-6-13(15)7-5-12/h4-7,11,14,17H,8-10H2,1-3H3. The zero-order valence-electron chi connectivity index (χ0n) is 10.9. The molecular weight excluding hydrogens is 234 g/mol. The van der Waals surface area contributed by atoms with Gasteiger partial charge in [0, 0.05) is 18.1 Å². The van der Waals surface area contributed by atoms with Crippen LogP contribution in [0.5, 0.6) is 0 Å². The van der Waals surface area contributed by atoms with Gasteiger partial charge in [0.05, 0.1) is 6.10 Å². The second-order valence-corrected chi connectivity index (χ2v) is 5.45. The number of rotatable bonds is 6. The first kappa shape index (κ1) is 14.5. The van der Waals surface area contributed by atoms with Gasteiger partial charge in [0.1, 0.15) is 0 Å². The van der Waals surface area contributed by atoms with Crippen molar-refractivity contribution in [2.24, 2.45) is 5.92 Å². The zero-order valence-corrected chi connectivity index (χ0v) is 11.6. The number of hydrogen-bond donors (Lipinski definition) is 1. The normalized spacial score (nSPS) is 13.4. The van der Waals surface area contributed by atoms with Crippen LogP contribution in [-0.2, 0) is 0 Å². The summed E-state index contributed by atoms with van der Waals surface area (Å²) in [5.74, 6) is 0.660. The summed E-state index contributed by atoms with van der Waals surface area (Å²) in [6.45, 7) is 6.37. The molecule has 2 nitrogen and oxygen atoms in total. The second kappa shape index (κ2) is 7.00. The van der Waals surface area contributed by atoms with Gasteiger partial charge in [-0.3, -0.25) is 0 Å². The minimum Gasteiger partial charge on any atom is -0.388 e. The molecule has 0 radical (unpaired) electrons. The van der Waals surface area contributed by atoms with Crippen molar-refractivity contribution in [3.05, 3.63) is 34.9 Å². The first-order valence-electron chi connectivity index (χ1n) is 6.11. The van der Waals surface area contributed by atoms with E-state index in [4.69, 9.17) is 11.6 Å². The van der Waals surface area contributed by atoms with Crippen LogP contribution in [0.1, 0.15) is 31.9 Å². The highest BCUT2D eigenvalue weighted by atomic mass is 35.5. The minimum atomic E-state index is -0.401. The highest BCUT2D eigenvalue weighted by Gasteiger charge is 2.09. The van der Waals surface area contributed by atoms with Crippen LogP contribution < -0.4 is 0 Å². The van der Waals surface area contributed by atoms with Gasteiger partial charge in [-0.05, 0) is 37.1 Å². The van der Waals surface area contributed by atoms with Crippen molar-refractivity contribution in [2.75, 3.05) is 20.1 Å². The molecular formula is C14H22ClNO. The molecule has 96 valence electrons. The Morgan fingerprint density at radius 2 is 1.82 bits per heavy atom. The lowest BCUT2D eigenvalue weighted by atomic mass is 10.1. The van der Waals surface area contributed by atoms with Gasteiger partial charge in [0.2, 0.25) is 0 Å². The summed E-state index contributed by atoms with van der Waals surface area (Å²) in [4.78, 5) is 2.25. The molecule has 1 aromatic rings. The van der Waals surface area contributed by atoms with Crippen LogP contribution in [0.15, 0.2) is 24.3 Å². The molecule has 1 aromatic carbocycles. The van der Waals surface area contributed by atoms with Crippen molar-refractivity contribution in [1.29, 1.82) is 0 Å². The number of aliphatic hydroxyl groups is 1. The van der Waals surface area contributed by atoms with Gasteiger partial charge in [0.25, 0.3) is 0 Å². The SMILES string of the molecule is CC(C)CN(C)CCC(O)c1ccc(Cl)cc1. The molecule has 0 aliphatic heterocycles. The van der Waals surface area contributed by atoms with Gasteiger partial charge in [-0.1, -0.05) is 37.6 Å². The Balaban J connectivity index is 2.39. The maximum atomic E-state index is 10.0. The van der Waals surface area contributed by atoms with Gasteiger partial charge in [-0.15, -0.1) is 0 Å². The largest absolute Gasteiger partial charge is 0.388 e. The molecule has 1 unspecified atom stereocenters. The summed E-state index contributed by atoms with van der Waals surface area (Å²) in [6.07, 6.45) is 0.354. The van der Waals surface area contributed by atoms with Crippen LogP contribution in [-0.4, -0.2) is 30.1 Å². The van der Waals surface area contributed by atoms with E-state index in [1.165, 1.54) is 0 Å². The van der Waals surface area contributed by atoms with Crippen LogP contribution in [0, 0.1) is 5.92 Å². The Hall–Kier alpha value is -0.570. The van der Waals surface area contributed by atoms with E-state index in [0.29, 0.717) is 10.9 Å². The molecule has 0 saturated carbocycles. The predicted octanol–water partition coefficient (Wildman–Crippen LogP) is 3.35. The Morgan fingerprint density at radius 3 is 2.35 bits per heavy atom. The van der Waals surface area contributed by atoms with Crippen LogP contribution in [0.3, 0.4) is 0 Å². The van der Waals surface area contributed by atoms with Crippen molar-refractivity contribution >= 4 is 11.6 Å². The zero-order chi connectivity index (χ0) is 12.8. The van der Waals surface area contributed by atoms with Gasteiger partial charge < -0.3 is 10.0 Å². The van der Waals surface area contributed by atoms with E-state index < -0.39 is 6.10 Å². The maximum Gasteiger partial charge on any atom is 0.0802 e. The van der Waals surface area contributed by atoms with Gasteiger partial charge >= 0.3 is 0 Å². The van der Waals surface area contributed by atoms with Crippen LogP contribution >= 0.6 is 11.6 Å². The predicted molar refractivity (Wildman–Crippen MR) is 73.4 cm³/mol. The third-order valence-corrected chi connectivity index (χ3v) is 2.97. The molecule has 0 aromatic heterocycles. The smallest absolute Gasteiger partial charge is 0.0802 e. The van der Waals surface area contributed by atoms with E-state index in [1.807, 2.05) is 24.3 Å². The number of benzene rings is 1. The highest BCUT2D eigenvalue weighted by molar-refractivity contribution is 6.30. The van der Waals surface area contributed by atoms with E-state index in [0.717, 1.165) is 25.1 Å². The quantitative estimate of drug-likeness (QED) is 0.843. The molecule has 0 bridgehead atoms. The van der Waals surface area contributed by atoms with Gasteiger partial charge in [0.15, 0.2) is 0 Å². The summed E-state index contributed by atoms with van der Waals surface area (Å²) in [5, 5.41) is 10.7. The maximum absolute atomic E-state index is 10.0. The first-order valence-corrected chi connectivity index (χ1v) is 6.49. The lowest BCUT2D eigenvalue weighted by molar-refractivity contribution is 0.146. The van der Waals surface area contributed by atoms with Crippen molar-refractivity contribution in [3.8, 4) is 0 Å². The lowest BCUT2D eigenvalue weighted by Crippen LogP contribution is -2.25. The molecule has 17 heavy (non-hydrogen) atoms. The van der Waals surface area contributed by atoms with Crippen LogP contribution in [0.2, 0.25) is 5.02 Å². The summed E-state index contributed by atoms with van der Waals surface area (Å²) >= 11 is 5.81. The molecule has 1 atom stereocenters. The molecule has 0 fully saturated rings. The minimum absolute atomic E-state index is 0.401. The number of aliphatic hydroxyl groups excluding tert-OH is 1. The summed E-state index contributed by atoms with van der Waals surface area (Å²) in [6, 6.07) is 7.40. The van der Waals surface area contributed by atoms with E-state index in [1.54, 1.807) is 0 Å². The number of halogens is 1. The van der Waals surface area contributed by atoms with E-state index in [-0.39, 0.29) is 0 Å².